The van der Waals surface area contributed by atoms with Crippen molar-refractivity contribution in [3.8, 4) is 0 Å². The number of amides is 2. The van der Waals surface area contributed by atoms with E-state index in [0.29, 0.717) is 26.2 Å². The Labute approximate surface area is 197 Å². The number of rotatable bonds is 14. The van der Waals surface area contributed by atoms with Gasteiger partial charge < -0.3 is 20.1 Å². The Kier molecular flexibility index (Phi) is 11.4. The molecule has 3 atom stereocenters. The zero-order chi connectivity index (χ0) is 24.2. The van der Waals surface area contributed by atoms with E-state index in [9.17, 15) is 19.5 Å². The molecule has 7 nitrogen and oxygen atoms in total. The molecule has 0 aromatic heterocycles. The van der Waals surface area contributed by atoms with Crippen LogP contribution in [0.4, 0.5) is 0 Å². The second-order valence-corrected chi connectivity index (χ2v) is 9.35. The lowest BCUT2D eigenvalue weighted by Crippen LogP contribution is -2.54. The standard InChI is InChI=1S/C26H40N2O5/c1-4-5-7-13-21(16-23(29)30)25(31)27-24(19(2)3)26(32)28-15-10-14-22(28)18-33-17-20-11-8-6-9-12-20/h6,8-9,11-12,19,21-22,24H,4-5,7,10,13-18H2,1-3H3,(H,27,31)(H,29,30)/t21-,22-,24-/m0/s1. The van der Waals surface area contributed by atoms with Gasteiger partial charge in [0.25, 0.3) is 0 Å². The van der Waals surface area contributed by atoms with Crippen molar-refractivity contribution in [2.75, 3.05) is 13.2 Å². The van der Waals surface area contributed by atoms with Gasteiger partial charge in [0, 0.05) is 12.5 Å². The number of hydrogen-bond acceptors (Lipinski definition) is 4. The lowest BCUT2D eigenvalue weighted by molar-refractivity contribution is -0.143. The lowest BCUT2D eigenvalue weighted by Gasteiger charge is -2.32. The molecule has 33 heavy (non-hydrogen) atoms. The van der Waals surface area contributed by atoms with Gasteiger partial charge in [-0.05, 0) is 30.7 Å². The van der Waals surface area contributed by atoms with Crippen molar-refractivity contribution in [3.63, 3.8) is 0 Å². The maximum atomic E-state index is 13.4. The number of benzene rings is 1. The molecule has 2 N–H and O–H groups in total. The van der Waals surface area contributed by atoms with Crippen molar-refractivity contribution in [3.05, 3.63) is 35.9 Å². The number of carboxylic acids is 1. The molecule has 1 aromatic carbocycles. The number of ether oxygens (including phenoxy) is 1. The average molecular weight is 461 g/mol. The van der Waals surface area contributed by atoms with Crippen molar-refractivity contribution in [1.82, 2.24) is 10.2 Å². The zero-order valence-electron chi connectivity index (χ0n) is 20.3. The number of nitrogens with zero attached hydrogens (tertiary/aromatic N) is 1. The number of carboxylic acid groups (broad SMARTS) is 1. The van der Waals surface area contributed by atoms with Crippen LogP contribution in [-0.2, 0) is 25.7 Å². The number of likely N-dealkylation sites (tertiary alicyclic amines) is 1. The third kappa shape index (κ3) is 8.80. The van der Waals surface area contributed by atoms with Crippen LogP contribution < -0.4 is 5.32 Å². The first kappa shape index (κ1) is 26.8. The minimum atomic E-state index is -0.991. The zero-order valence-corrected chi connectivity index (χ0v) is 20.3. The molecular formula is C26H40N2O5. The largest absolute Gasteiger partial charge is 0.481 e. The highest BCUT2D eigenvalue weighted by atomic mass is 16.5. The van der Waals surface area contributed by atoms with Crippen molar-refractivity contribution in [1.29, 1.82) is 0 Å². The molecule has 1 aliphatic heterocycles. The van der Waals surface area contributed by atoms with E-state index in [1.807, 2.05) is 49.1 Å². The molecule has 0 radical (unpaired) electrons. The first-order valence-corrected chi connectivity index (χ1v) is 12.3. The van der Waals surface area contributed by atoms with Gasteiger partial charge in [0.1, 0.15) is 6.04 Å². The van der Waals surface area contributed by atoms with Crippen LogP contribution in [0, 0.1) is 11.8 Å². The van der Waals surface area contributed by atoms with E-state index in [4.69, 9.17) is 4.74 Å². The molecule has 0 aliphatic carbocycles. The van der Waals surface area contributed by atoms with E-state index in [1.165, 1.54) is 0 Å². The normalized spacial score (nSPS) is 17.7. The summed E-state index contributed by atoms with van der Waals surface area (Å²) in [7, 11) is 0. The fourth-order valence-electron chi connectivity index (χ4n) is 4.33. The molecule has 7 heteroatoms. The molecule has 1 saturated heterocycles. The molecule has 184 valence electrons. The maximum absolute atomic E-state index is 13.4. The van der Waals surface area contributed by atoms with Crippen molar-refractivity contribution < 1.29 is 24.2 Å². The number of unbranched alkanes of at least 4 members (excludes halogenated alkanes) is 2. The Morgan fingerprint density at radius 2 is 1.91 bits per heavy atom. The van der Waals surface area contributed by atoms with E-state index in [2.05, 4.69) is 12.2 Å². The van der Waals surface area contributed by atoms with Gasteiger partial charge in [-0.1, -0.05) is 70.4 Å². The van der Waals surface area contributed by atoms with E-state index in [1.54, 1.807) is 0 Å². The Morgan fingerprint density at radius 1 is 1.18 bits per heavy atom. The van der Waals surface area contributed by atoms with Gasteiger partial charge in [0.05, 0.1) is 25.7 Å². The minimum absolute atomic E-state index is 0.0151. The minimum Gasteiger partial charge on any atom is -0.481 e. The quantitative estimate of drug-likeness (QED) is 0.409. The highest BCUT2D eigenvalue weighted by Crippen LogP contribution is 2.22. The van der Waals surface area contributed by atoms with Crippen LogP contribution in [0.15, 0.2) is 30.3 Å². The monoisotopic (exact) mass is 460 g/mol. The number of nitrogens with one attached hydrogen (secondary N) is 1. The fraction of sp³-hybridized carbons (Fsp3) is 0.654. The van der Waals surface area contributed by atoms with Crippen molar-refractivity contribution in [2.24, 2.45) is 11.8 Å². The van der Waals surface area contributed by atoms with Crippen LogP contribution in [0.25, 0.3) is 0 Å². The van der Waals surface area contributed by atoms with Crippen LogP contribution in [0.5, 0.6) is 0 Å². The molecule has 1 aliphatic rings. The predicted molar refractivity (Wildman–Crippen MR) is 127 cm³/mol. The summed E-state index contributed by atoms with van der Waals surface area (Å²) in [4.78, 5) is 39.5. The molecule has 1 heterocycles. The Morgan fingerprint density at radius 3 is 2.55 bits per heavy atom. The van der Waals surface area contributed by atoms with Crippen molar-refractivity contribution in [2.45, 2.75) is 84.4 Å². The molecule has 2 amide bonds. The summed E-state index contributed by atoms with van der Waals surface area (Å²) in [6.07, 6.45) is 4.83. The summed E-state index contributed by atoms with van der Waals surface area (Å²) in [6, 6.07) is 9.24. The second-order valence-electron chi connectivity index (χ2n) is 9.35. The SMILES string of the molecule is CCCCC[C@@H](CC(=O)O)C(=O)N[C@H](C(=O)N1CCC[C@H]1COCc1ccccc1)C(C)C. The molecule has 0 spiro atoms. The van der Waals surface area contributed by atoms with Crippen LogP contribution in [0.1, 0.15) is 71.3 Å². The van der Waals surface area contributed by atoms with E-state index in [-0.39, 0.29) is 30.2 Å². The molecule has 0 saturated carbocycles. The lowest BCUT2D eigenvalue weighted by atomic mass is 9.95. The Hall–Kier alpha value is -2.41. The summed E-state index contributed by atoms with van der Waals surface area (Å²) in [5, 5.41) is 12.1. The predicted octanol–water partition coefficient (Wildman–Crippen LogP) is 4.01. The third-order valence-electron chi connectivity index (χ3n) is 6.26. The number of carbonyl (C=O) groups excluding carboxylic acids is 2. The average Bonchev–Trinajstić information content (AvgIpc) is 3.25. The molecule has 0 bridgehead atoms. The third-order valence-corrected chi connectivity index (χ3v) is 6.26. The highest BCUT2D eigenvalue weighted by Gasteiger charge is 2.36. The van der Waals surface area contributed by atoms with Crippen LogP contribution in [-0.4, -0.2) is 53.0 Å². The summed E-state index contributed by atoms with van der Waals surface area (Å²) < 4.78 is 5.90. The second kappa shape index (κ2) is 14.0. The first-order chi connectivity index (χ1) is 15.8. The molecule has 0 unspecified atom stereocenters. The van der Waals surface area contributed by atoms with E-state index < -0.39 is 17.9 Å². The highest BCUT2D eigenvalue weighted by molar-refractivity contribution is 5.90. The summed E-state index contributed by atoms with van der Waals surface area (Å²) in [5.41, 5.74) is 1.09. The number of hydrogen-bond donors (Lipinski definition) is 2. The Bertz CT molecular complexity index is 752. The van der Waals surface area contributed by atoms with Gasteiger partial charge in [-0.15, -0.1) is 0 Å². The van der Waals surface area contributed by atoms with Crippen LogP contribution in [0.3, 0.4) is 0 Å². The number of aliphatic carboxylic acids is 1. The van der Waals surface area contributed by atoms with Crippen molar-refractivity contribution >= 4 is 17.8 Å². The first-order valence-electron chi connectivity index (χ1n) is 12.3. The summed E-state index contributed by atoms with van der Waals surface area (Å²) >= 11 is 0. The van der Waals surface area contributed by atoms with Gasteiger partial charge in [0.15, 0.2) is 0 Å². The van der Waals surface area contributed by atoms with Gasteiger partial charge >= 0.3 is 5.97 Å². The molecule has 2 rings (SSSR count). The van der Waals surface area contributed by atoms with E-state index >= 15 is 0 Å². The van der Waals surface area contributed by atoms with Gasteiger partial charge in [-0.25, -0.2) is 0 Å². The molecule has 1 fully saturated rings. The number of carbonyl (C=O) groups is 3. The van der Waals surface area contributed by atoms with E-state index in [0.717, 1.165) is 37.7 Å². The summed E-state index contributed by atoms with van der Waals surface area (Å²) in [5.74, 6) is -2.15. The topological polar surface area (TPSA) is 95.9 Å². The van der Waals surface area contributed by atoms with Gasteiger partial charge in [-0.3, -0.25) is 14.4 Å². The molecular weight excluding hydrogens is 420 g/mol. The maximum Gasteiger partial charge on any atom is 0.304 e. The summed E-state index contributed by atoms with van der Waals surface area (Å²) in [6.45, 7) is 7.48. The smallest absolute Gasteiger partial charge is 0.304 e. The molecule has 1 aromatic rings. The van der Waals surface area contributed by atoms with Gasteiger partial charge in [-0.2, -0.15) is 0 Å². The van der Waals surface area contributed by atoms with Crippen LogP contribution in [0.2, 0.25) is 0 Å². The van der Waals surface area contributed by atoms with Crippen LogP contribution >= 0.6 is 0 Å². The van der Waals surface area contributed by atoms with Gasteiger partial charge in [0.2, 0.25) is 11.8 Å². The fourth-order valence-corrected chi connectivity index (χ4v) is 4.33. The Balaban J connectivity index is 1.98.